The van der Waals surface area contributed by atoms with E-state index in [0.29, 0.717) is 23.5 Å². The van der Waals surface area contributed by atoms with Crippen molar-refractivity contribution in [1.29, 1.82) is 5.26 Å². The number of rotatable bonds is 5. The van der Waals surface area contributed by atoms with E-state index in [9.17, 15) is 9.59 Å². The Morgan fingerprint density at radius 1 is 1.14 bits per heavy atom. The maximum Gasteiger partial charge on any atom is 0.266 e. The van der Waals surface area contributed by atoms with Gasteiger partial charge in [0.05, 0.1) is 10.9 Å². The lowest BCUT2D eigenvalue weighted by molar-refractivity contribution is 0.128. The van der Waals surface area contributed by atoms with Crippen molar-refractivity contribution >= 4 is 10.9 Å². The third-order valence-electron chi connectivity index (χ3n) is 5.79. The Morgan fingerprint density at radius 3 is 2.76 bits per heavy atom. The first kappa shape index (κ1) is 19.2. The number of aromatic amines is 1. The number of fused-ring (bicyclic) bond motifs is 1. The number of nitrogens with one attached hydrogen (secondary N) is 1. The van der Waals surface area contributed by atoms with Crippen LogP contribution in [0.4, 0.5) is 0 Å². The lowest BCUT2D eigenvalue weighted by Crippen LogP contribution is -2.40. The predicted molar refractivity (Wildman–Crippen MR) is 113 cm³/mol. The summed E-state index contributed by atoms with van der Waals surface area (Å²) in [7, 11) is 0. The summed E-state index contributed by atoms with van der Waals surface area (Å²) < 4.78 is 1.69. The van der Waals surface area contributed by atoms with E-state index in [0.717, 1.165) is 25.9 Å². The van der Waals surface area contributed by atoms with Gasteiger partial charge in [0, 0.05) is 25.3 Å². The lowest BCUT2D eigenvalue weighted by Gasteiger charge is -2.36. The molecule has 0 amide bonds. The number of likely N-dealkylation sites (tertiary alicyclic amines) is 1. The largest absolute Gasteiger partial charge is 0.321 e. The van der Waals surface area contributed by atoms with Gasteiger partial charge in [-0.05, 0) is 43.5 Å². The molecule has 1 aliphatic rings. The van der Waals surface area contributed by atoms with Gasteiger partial charge in [-0.1, -0.05) is 36.8 Å². The SMILES string of the molecule is N#Cc1cc2c(=O)n(CC[C@@H]3CCCCN3Cc3ccccc3)ccc2[nH]c1=O. The molecule has 0 radical (unpaired) electrons. The van der Waals surface area contributed by atoms with Gasteiger partial charge in [0.2, 0.25) is 0 Å². The average Bonchev–Trinajstić information content (AvgIpc) is 2.75. The zero-order valence-corrected chi connectivity index (χ0v) is 16.3. The molecule has 1 N–H and O–H groups in total. The minimum absolute atomic E-state index is 0.0336. The van der Waals surface area contributed by atoms with E-state index < -0.39 is 5.56 Å². The van der Waals surface area contributed by atoms with Crippen LogP contribution >= 0.6 is 0 Å². The van der Waals surface area contributed by atoms with Crippen LogP contribution in [-0.4, -0.2) is 27.0 Å². The molecule has 0 aliphatic carbocycles. The van der Waals surface area contributed by atoms with Crippen LogP contribution in [0.1, 0.15) is 36.8 Å². The van der Waals surface area contributed by atoms with Crippen molar-refractivity contribution in [3.63, 3.8) is 0 Å². The quantitative estimate of drug-likeness (QED) is 0.728. The lowest BCUT2D eigenvalue weighted by atomic mass is 9.98. The van der Waals surface area contributed by atoms with Gasteiger partial charge in [0.25, 0.3) is 11.1 Å². The van der Waals surface area contributed by atoms with Gasteiger partial charge in [-0.2, -0.15) is 5.26 Å². The maximum atomic E-state index is 12.9. The van der Waals surface area contributed by atoms with Crippen LogP contribution in [0.5, 0.6) is 0 Å². The van der Waals surface area contributed by atoms with Crippen molar-refractivity contribution in [3.8, 4) is 6.07 Å². The summed E-state index contributed by atoms with van der Waals surface area (Å²) in [5.41, 5.74) is 1.12. The summed E-state index contributed by atoms with van der Waals surface area (Å²) in [5.74, 6) is 0. The Labute approximate surface area is 169 Å². The Morgan fingerprint density at radius 2 is 1.97 bits per heavy atom. The van der Waals surface area contributed by atoms with E-state index in [2.05, 4.69) is 34.1 Å². The van der Waals surface area contributed by atoms with E-state index in [-0.39, 0.29) is 11.1 Å². The van der Waals surface area contributed by atoms with Crippen LogP contribution in [-0.2, 0) is 13.1 Å². The molecule has 3 heterocycles. The number of H-pyrrole nitrogens is 1. The Hall–Kier alpha value is -3.17. The summed E-state index contributed by atoms with van der Waals surface area (Å²) >= 11 is 0. The molecule has 6 nitrogen and oxygen atoms in total. The Kier molecular flexibility index (Phi) is 5.59. The molecular weight excluding hydrogens is 364 g/mol. The molecule has 6 heteroatoms. The smallest absolute Gasteiger partial charge is 0.266 e. The highest BCUT2D eigenvalue weighted by atomic mass is 16.1. The molecule has 1 aromatic carbocycles. The van der Waals surface area contributed by atoms with Gasteiger partial charge in [0.15, 0.2) is 0 Å². The highest BCUT2D eigenvalue weighted by molar-refractivity contribution is 5.78. The summed E-state index contributed by atoms with van der Waals surface area (Å²) in [6, 6.07) is 15.9. The van der Waals surface area contributed by atoms with Crippen molar-refractivity contribution < 1.29 is 0 Å². The van der Waals surface area contributed by atoms with Crippen LogP contribution < -0.4 is 11.1 Å². The molecule has 0 bridgehead atoms. The Bertz CT molecular complexity index is 1160. The van der Waals surface area contributed by atoms with Crippen LogP contribution in [0.25, 0.3) is 10.9 Å². The zero-order chi connectivity index (χ0) is 20.2. The summed E-state index contributed by atoms with van der Waals surface area (Å²) in [6.07, 6.45) is 6.20. The predicted octanol–water partition coefficient (Wildman–Crippen LogP) is 3.01. The van der Waals surface area contributed by atoms with Crippen LogP contribution in [0.15, 0.2) is 58.3 Å². The van der Waals surface area contributed by atoms with Crippen molar-refractivity contribution in [2.75, 3.05) is 6.54 Å². The molecule has 0 spiro atoms. The minimum Gasteiger partial charge on any atom is -0.321 e. The topological polar surface area (TPSA) is 81.9 Å². The third-order valence-corrected chi connectivity index (χ3v) is 5.79. The van der Waals surface area contributed by atoms with Crippen molar-refractivity contribution in [1.82, 2.24) is 14.5 Å². The molecule has 4 rings (SSSR count). The second-order valence-corrected chi connectivity index (χ2v) is 7.66. The second kappa shape index (κ2) is 8.46. The molecule has 0 unspecified atom stereocenters. The van der Waals surface area contributed by atoms with Crippen molar-refractivity contribution in [2.24, 2.45) is 0 Å². The molecule has 2 aromatic heterocycles. The molecular formula is C23H24N4O2. The number of nitrogens with zero attached hydrogens (tertiary/aromatic N) is 3. The number of benzene rings is 1. The van der Waals surface area contributed by atoms with Gasteiger partial charge in [-0.25, -0.2) is 0 Å². The molecule has 1 saturated heterocycles. The zero-order valence-electron chi connectivity index (χ0n) is 16.3. The van der Waals surface area contributed by atoms with Crippen molar-refractivity contribution in [3.05, 3.63) is 80.5 Å². The number of piperidine rings is 1. The number of hydrogen-bond acceptors (Lipinski definition) is 4. The summed E-state index contributed by atoms with van der Waals surface area (Å²) in [4.78, 5) is 29.8. The van der Waals surface area contributed by atoms with Gasteiger partial charge >= 0.3 is 0 Å². The number of nitriles is 1. The number of pyridine rings is 2. The molecule has 148 valence electrons. The molecule has 0 saturated carbocycles. The fourth-order valence-electron chi connectivity index (χ4n) is 4.20. The highest BCUT2D eigenvalue weighted by Crippen LogP contribution is 2.22. The van der Waals surface area contributed by atoms with Gasteiger partial charge in [-0.15, -0.1) is 0 Å². The molecule has 1 fully saturated rings. The first-order chi connectivity index (χ1) is 14.2. The summed E-state index contributed by atoms with van der Waals surface area (Å²) in [6.45, 7) is 2.63. The third kappa shape index (κ3) is 4.15. The molecule has 3 aromatic rings. The minimum atomic E-state index is -0.462. The van der Waals surface area contributed by atoms with Gasteiger partial charge < -0.3 is 9.55 Å². The standard InChI is InChI=1S/C23H24N4O2/c24-15-18-14-20-21(25-22(18)28)10-13-26(23(20)29)12-9-19-8-4-5-11-27(19)16-17-6-2-1-3-7-17/h1-3,6-7,10,13-14,19H,4-5,8-9,11-12,16H2,(H,25,28)/t19-/m0/s1. The van der Waals surface area contributed by atoms with Crippen LogP contribution in [0.3, 0.4) is 0 Å². The van der Waals surface area contributed by atoms with Crippen LogP contribution in [0.2, 0.25) is 0 Å². The van der Waals surface area contributed by atoms with Gasteiger partial charge in [0.1, 0.15) is 11.6 Å². The van der Waals surface area contributed by atoms with E-state index in [1.807, 2.05) is 12.1 Å². The number of hydrogen-bond donors (Lipinski definition) is 1. The van der Waals surface area contributed by atoms with E-state index in [1.54, 1.807) is 16.8 Å². The van der Waals surface area contributed by atoms with E-state index in [4.69, 9.17) is 5.26 Å². The normalized spacial score (nSPS) is 17.3. The molecule has 1 aliphatic heterocycles. The number of aryl methyl sites for hydroxylation is 1. The monoisotopic (exact) mass is 388 g/mol. The fourth-order valence-corrected chi connectivity index (χ4v) is 4.20. The molecule has 29 heavy (non-hydrogen) atoms. The first-order valence-electron chi connectivity index (χ1n) is 10.1. The maximum absolute atomic E-state index is 12.9. The first-order valence-corrected chi connectivity index (χ1v) is 10.1. The highest BCUT2D eigenvalue weighted by Gasteiger charge is 2.22. The Balaban J connectivity index is 1.52. The average molecular weight is 388 g/mol. The fraction of sp³-hybridized carbons (Fsp3) is 0.348. The number of aromatic nitrogens is 2. The van der Waals surface area contributed by atoms with Crippen LogP contribution in [0, 0.1) is 11.3 Å². The van der Waals surface area contributed by atoms with E-state index >= 15 is 0 Å². The summed E-state index contributed by atoms with van der Waals surface area (Å²) in [5, 5.41) is 9.46. The van der Waals surface area contributed by atoms with E-state index in [1.165, 1.54) is 24.5 Å². The second-order valence-electron chi connectivity index (χ2n) is 7.66. The molecule has 1 atom stereocenters. The van der Waals surface area contributed by atoms with Crippen molar-refractivity contribution in [2.45, 2.75) is 44.8 Å². The van der Waals surface area contributed by atoms with Gasteiger partial charge in [-0.3, -0.25) is 14.5 Å².